The first-order chi connectivity index (χ1) is 12.4. The molecule has 0 aliphatic rings. The van der Waals surface area contributed by atoms with E-state index in [0.29, 0.717) is 6.42 Å². The third-order valence-corrected chi connectivity index (χ3v) is 3.47. The van der Waals surface area contributed by atoms with Crippen LogP contribution in [0.25, 0.3) is 6.08 Å². The highest BCUT2D eigenvalue weighted by atomic mass is 19.1. The van der Waals surface area contributed by atoms with Crippen LogP contribution in [0.4, 0.5) is 4.39 Å². The van der Waals surface area contributed by atoms with Gasteiger partial charge in [0.2, 0.25) is 5.76 Å². The molecule has 7 heteroatoms. The first kappa shape index (κ1) is 19.1. The molecule has 1 N–H and O–H groups in total. The Morgan fingerprint density at radius 2 is 1.85 bits per heavy atom. The van der Waals surface area contributed by atoms with Gasteiger partial charge in [-0.25, -0.2) is 14.0 Å². The minimum Gasteiger partial charge on any atom is -0.475 e. The molecule has 0 saturated heterocycles. The number of rotatable bonds is 8. The Kier molecular flexibility index (Phi) is 6.43. The Morgan fingerprint density at radius 3 is 2.42 bits per heavy atom. The minimum absolute atomic E-state index is 0.00275. The van der Waals surface area contributed by atoms with Crippen molar-refractivity contribution in [3.05, 3.63) is 64.9 Å². The average molecular weight is 360 g/mol. The SMILES string of the molecule is CCOC(=O)/C(=C/c1ccc(C(=O)O)o1)C(=O)CCc1ccc(F)cc1. The van der Waals surface area contributed by atoms with E-state index in [2.05, 4.69) is 0 Å². The number of furan rings is 1. The fraction of sp³-hybridized carbons (Fsp3) is 0.211. The van der Waals surface area contributed by atoms with Crippen molar-refractivity contribution in [2.75, 3.05) is 6.61 Å². The molecule has 26 heavy (non-hydrogen) atoms. The van der Waals surface area contributed by atoms with Gasteiger partial charge in [-0.2, -0.15) is 0 Å². The lowest BCUT2D eigenvalue weighted by atomic mass is 10.0. The Hall–Kier alpha value is -3.22. The number of benzene rings is 1. The van der Waals surface area contributed by atoms with Crippen molar-refractivity contribution in [1.29, 1.82) is 0 Å². The molecule has 1 aromatic heterocycles. The van der Waals surface area contributed by atoms with Crippen molar-refractivity contribution in [1.82, 2.24) is 0 Å². The minimum atomic E-state index is -1.26. The molecule has 1 aromatic carbocycles. The lowest BCUT2D eigenvalue weighted by Crippen LogP contribution is -2.16. The number of hydrogen-bond donors (Lipinski definition) is 1. The normalized spacial score (nSPS) is 11.2. The molecule has 0 fully saturated rings. The highest BCUT2D eigenvalue weighted by Crippen LogP contribution is 2.16. The van der Waals surface area contributed by atoms with Crippen LogP contribution in [-0.4, -0.2) is 29.4 Å². The van der Waals surface area contributed by atoms with Crippen LogP contribution in [0, 0.1) is 5.82 Å². The largest absolute Gasteiger partial charge is 0.475 e. The summed E-state index contributed by atoms with van der Waals surface area (Å²) in [6, 6.07) is 8.26. The first-order valence-corrected chi connectivity index (χ1v) is 7.90. The summed E-state index contributed by atoms with van der Waals surface area (Å²) in [7, 11) is 0. The number of hydrogen-bond acceptors (Lipinski definition) is 5. The van der Waals surface area contributed by atoms with Gasteiger partial charge in [-0.3, -0.25) is 4.79 Å². The summed E-state index contributed by atoms with van der Waals surface area (Å²) in [6.07, 6.45) is 1.48. The van der Waals surface area contributed by atoms with E-state index in [9.17, 15) is 18.8 Å². The second-order valence-electron chi connectivity index (χ2n) is 5.34. The van der Waals surface area contributed by atoms with Crippen LogP contribution in [0.3, 0.4) is 0 Å². The fourth-order valence-corrected chi connectivity index (χ4v) is 2.19. The van der Waals surface area contributed by atoms with E-state index in [0.717, 1.165) is 11.6 Å². The molecule has 136 valence electrons. The van der Waals surface area contributed by atoms with Crippen LogP contribution in [0.1, 0.15) is 35.2 Å². The van der Waals surface area contributed by atoms with Gasteiger partial charge in [-0.15, -0.1) is 0 Å². The lowest BCUT2D eigenvalue weighted by Gasteiger charge is -2.06. The standard InChI is InChI=1S/C19H17FO6/c1-2-25-19(24)15(11-14-8-10-17(26-14)18(22)23)16(21)9-5-12-3-6-13(20)7-4-12/h3-4,6-8,10-11H,2,5,9H2,1H3,(H,22,23)/b15-11+. The van der Waals surface area contributed by atoms with E-state index in [4.69, 9.17) is 14.3 Å². The number of carboxylic acid groups (broad SMARTS) is 1. The number of esters is 1. The molecule has 2 aromatic rings. The zero-order valence-electron chi connectivity index (χ0n) is 14.0. The third kappa shape index (κ3) is 5.14. The Balaban J connectivity index is 2.18. The summed E-state index contributed by atoms with van der Waals surface area (Å²) in [4.78, 5) is 35.4. The molecule has 0 amide bonds. The number of Topliss-reactive ketones (excluding diaryl/α,β-unsaturated/α-hetero) is 1. The summed E-state index contributed by atoms with van der Waals surface area (Å²) in [5.74, 6) is -3.19. The monoisotopic (exact) mass is 360 g/mol. The van der Waals surface area contributed by atoms with Crippen molar-refractivity contribution < 1.29 is 33.0 Å². The molecule has 0 radical (unpaired) electrons. The number of carbonyl (C=O) groups is 3. The van der Waals surface area contributed by atoms with Crippen LogP contribution < -0.4 is 0 Å². The molecule has 0 saturated carbocycles. The van der Waals surface area contributed by atoms with E-state index in [1.54, 1.807) is 19.1 Å². The number of aromatic carboxylic acids is 1. The number of ether oxygens (including phenoxy) is 1. The zero-order valence-corrected chi connectivity index (χ0v) is 14.0. The summed E-state index contributed by atoms with van der Waals surface area (Å²) in [5.41, 5.74) is 0.509. The third-order valence-electron chi connectivity index (χ3n) is 3.47. The Labute approximate surface area is 148 Å². The van der Waals surface area contributed by atoms with Crippen LogP contribution in [0.5, 0.6) is 0 Å². The fourth-order valence-electron chi connectivity index (χ4n) is 2.19. The van der Waals surface area contributed by atoms with E-state index < -0.39 is 17.7 Å². The van der Waals surface area contributed by atoms with Gasteiger partial charge in [-0.05, 0) is 49.2 Å². The number of carboxylic acids is 1. The summed E-state index contributed by atoms with van der Waals surface area (Å²) < 4.78 is 22.9. The van der Waals surface area contributed by atoms with Crippen LogP contribution >= 0.6 is 0 Å². The maximum atomic E-state index is 12.9. The van der Waals surface area contributed by atoms with E-state index in [1.807, 2.05) is 0 Å². The molecule has 0 unspecified atom stereocenters. The molecule has 0 atom stereocenters. The molecule has 6 nitrogen and oxygen atoms in total. The van der Waals surface area contributed by atoms with Gasteiger partial charge >= 0.3 is 11.9 Å². The van der Waals surface area contributed by atoms with Gasteiger partial charge in [0.25, 0.3) is 0 Å². The summed E-state index contributed by atoms with van der Waals surface area (Å²) >= 11 is 0. The Bertz CT molecular complexity index is 832. The van der Waals surface area contributed by atoms with Gasteiger partial charge in [0.05, 0.1) is 6.61 Å². The van der Waals surface area contributed by atoms with Crippen LogP contribution in [0.15, 0.2) is 46.4 Å². The van der Waals surface area contributed by atoms with E-state index in [-0.39, 0.29) is 35.9 Å². The van der Waals surface area contributed by atoms with Gasteiger partial charge in [0.1, 0.15) is 17.2 Å². The predicted molar refractivity (Wildman–Crippen MR) is 90.0 cm³/mol. The quantitative estimate of drug-likeness (QED) is 0.336. The highest BCUT2D eigenvalue weighted by molar-refractivity contribution is 6.20. The zero-order chi connectivity index (χ0) is 19.1. The number of aryl methyl sites for hydroxylation is 1. The Morgan fingerprint density at radius 1 is 1.15 bits per heavy atom. The predicted octanol–water partition coefficient (Wildman–Crippen LogP) is 3.27. The second-order valence-corrected chi connectivity index (χ2v) is 5.34. The molecule has 2 rings (SSSR count). The molecule has 0 spiro atoms. The first-order valence-electron chi connectivity index (χ1n) is 7.90. The van der Waals surface area contributed by atoms with Crippen molar-refractivity contribution in [2.45, 2.75) is 19.8 Å². The van der Waals surface area contributed by atoms with Crippen molar-refractivity contribution >= 4 is 23.8 Å². The summed E-state index contributed by atoms with van der Waals surface area (Å²) in [6.45, 7) is 1.69. The van der Waals surface area contributed by atoms with E-state index in [1.165, 1.54) is 24.3 Å². The van der Waals surface area contributed by atoms with Gasteiger partial charge in [0.15, 0.2) is 5.78 Å². The van der Waals surface area contributed by atoms with Crippen LogP contribution in [0.2, 0.25) is 0 Å². The van der Waals surface area contributed by atoms with Gasteiger partial charge < -0.3 is 14.3 Å². The summed E-state index contributed by atoms with van der Waals surface area (Å²) in [5, 5.41) is 8.86. The van der Waals surface area contributed by atoms with Crippen LogP contribution in [-0.2, 0) is 20.7 Å². The molecular weight excluding hydrogens is 343 g/mol. The van der Waals surface area contributed by atoms with Gasteiger partial charge in [-0.1, -0.05) is 12.1 Å². The number of ketones is 1. The van der Waals surface area contributed by atoms with Crippen molar-refractivity contribution in [3.8, 4) is 0 Å². The number of carbonyl (C=O) groups excluding carboxylic acids is 2. The number of halogens is 1. The molecule has 0 aliphatic heterocycles. The molecule has 0 aliphatic carbocycles. The highest BCUT2D eigenvalue weighted by Gasteiger charge is 2.20. The lowest BCUT2D eigenvalue weighted by molar-refractivity contribution is -0.139. The maximum absolute atomic E-state index is 12.9. The van der Waals surface area contributed by atoms with Crippen molar-refractivity contribution in [2.24, 2.45) is 0 Å². The van der Waals surface area contributed by atoms with E-state index >= 15 is 0 Å². The second kappa shape index (κ2) is 8.75. The van der Waals surface area contributed by atoms with Gasteiger partial charge in [0, 0.05) is 6.42 Å². The van der Waals surface area contributed by atoms with Crippen molar-refractivity contribution in [3.63, 3.8) is 0 Å². The topological polar surface area (TPSA) is 93.8 Å². The molecular formula is C19H17FO6. The molecule has 1 heterocycles. The maximum Gasteiger partial charge on any atom is 0.371 e. The molecule has 0 bridgehead atoms. The smallest absolute Gasteiger partial charge is 0.371 e. The average Bonchev–Trinajstić information content (AvgIpc) is 3.08.